The second-order valence-corrected chi connectivity index (χ2v) is 5.17. The van der Waals surface area contributed by atoms with E-state index in [4.69, 9.17) is 4.74 Å². The molecule has 118 valence electrons. The summed E-state index contributed by atoms with van der Waals surface area (Å²) in [6, 6.07) is 14.4. The molecule has 1 aliphatic rings. The first kappa shape index (κ1) is 15.1. The number of ether oxygens (including phenoxy) is 1. The van der Waals surface area contributed by atoms with Gasteiger partial charge >= 0.3 is 0 Å². The molecule has 2 amide bonds. The van der Waals surface area contributed by atoms with Crippen LogP contribution in [0.5, 0.6) is 5.75 Å². The fraction of sp³-hybridized carbons (Fsp3) is 0.176. The Bertz CT molecular complexity index is 732. The number of anilines is 2. The van der Waals surface area contributed by atoms with E-state index in [9.17, 15) is 14.8 Å². The number of imide groups is 1. The quantitative estimate of drug-likeness (QED) is 0.692. The Labute approximate surface area is 133 Å². The first-order valence-corrected chi connectivity index (χ1v) is 7.16. The molecule has 1 saturated heterocycles. The van der Waals surface area contributed by atoms with Crippen LogP contribution in [-0.2, 0) is 9.59 Å². The molecule has 0 bridgehead atoms. The molecule has 0 aliphatic carbocycles. The van der Waals surface area contributed by atoms with E-state index >= 15 is 0 Å². The lowest BCUT2D eigenvalue weighted by Crippen LogP contribution is -2.40. The zero-order valence-electron chi connectivity index (χ0n) is 12.5. The van der Waals surface area contributed by atoms with Crippen molar-refractivity contribution in [3.8, 4) is 5.75 Å². The number of carbonyl (C=O) groups is 2. The maximum absolute atomic E-state index is 12.6. The van der Waals surface area contributed by atoms with Crippen molar-refractivity contribution in [2.75, 3.05) is 17.1 Å². The van der Waals surface area contributed by atoms with E-state index in [2.05, 4.69) is 0 Å². The number of nitrogens with zero attached hydrogens (tertiary/aromatic N) is 2. The third-order valence-electron chi connectivity index (χ3n) is 3.75. The normalized spacial score (nSPS) is 17.5. The van der Waals surface area contributed by atoms with Crippen LogP contribution >= 0.6 is 0 Å². The van der Waals surface area contributed by atoms with Crippen molar-refractivity contribution in [3.63, 3.8) is 0 Å². The second-order valence-electron chi connectivity index (χ2n) is 5.17. The van der Waals surface area contributed by atoms with Gasteiger partial charge in [-0.25, -0.2) is 9.96 Å². The van der Waals surface area contributed by atoms with Crippen molar-refractivity contribution in [3.05, 3.63) is 54.6 Å². The molecule has 1 fully saturated rings. The van der Waals surface area contributed by atoms with Gasteiger partial charge in [0, 0.05) is 6.07 Å². The number of carbonyl (C=O) groups excluding carboxylic acids is 2. The predicted octanol–water partition coefficient (Wildman–Crippen LogP) is 2.22. The van der Waals surface area contributed by atoms with Crippen LogP contribution in [0.15, 0.2) is 54.6 Å². The van der Waals surface area contributed by atoms with E-state index in [1.165, 1.54) is 7.11 Å². The highest BCUT2D eigenvalue weighted by atomic mass is 16.5. The first-order chi connectivity index (χ1) is 11.1. The molecule has 2 aromatic carbocycles. The largest absolute Gasteiger partial charge is 0.497 e. The summed E-state index contributed by atoms with van der Waals surface area (Å²) >= 11 is 0. The van der Waals surface area contributed by atoms with Crippen LogP contribution in [0.3, 0.4) is 0 Å². The molecule has 6 nitrogen and oxygen atoms in total. The summed E-state index contributed by atoms with van der Waals surface area (Å²) in [5, 5.41) is 11.1. The molecular formula is C17H16N2O4. The first-order valence-electron chi connectivity index (χ1n) is 7.16. The van der Waals surface area contributed by atoms with Crippen LogP contribution in [0, 0.1) is 0 Å². The average Bonchev–Trinajstić information content (AvgIpc) is 2.89. The zero-order valence-corrected chi connectivity index (χ0v) is 12.5. The van der Waals surface area contributed by atoms with E-state index in [0.29, 0.717) is 17.1 Å². The minimum atomic E-state index is -0.934. The van der Waals surface area contributed by atoms with Gasteiger partial charge in [-0.3, -0.25) is 14.8 Å². The van der Waals surface area contributed by atoms with Crippen LogP contribution in [0.1, 0.15) is 6.42 Å². The molecule has 1 atom stereocenters. The molecule has 6 heteroatoms. The second kappa shape index (κ2) is 6.10. The molecule has 1 heterocycles. The van der Waals surface area contributed by atoms with Gasteiger partial charge in [0.2, 0.25) is 5.91 Å². The Kier molecular flexibility index (Phi) is 3.99. The Morgan fingerprint density at radius 2 is 1.87 bits per heavy atom. The van der Waals surface area contributed by atoms with Gasteiger partial charge in [0.05, 0.1) is 24.9 Å². The molecule has 3 rings (SSSR count). The van der Waals surface area contributed by atoms with E-state index in [0.717, 1.165) is 9.96 Å². The summed E-state index contributed by atoms with van der Waals surface area (Å²) in [6.07, 6.45) is -0.0819. The van der Waals surface area contributed by atoms with Gasteiger partial charge < -0.3 is 4.74 Å². The molecule has 0 unspecified atom stereocenters. The number of methoxy groups -OCH3 is 1. The van der Waals surface area contributed by atoms with Crippen molar-refractivity contribution in [1.29, 1.82) is 0 Å². The van der Waals surface area contributed by atoms with Crippen LogP contribution in [0.2, 0.25) is 0 Å². The molecule has 1 N–H and O–H groups in total. The molecule has 0 spiro atoms. The monoisotopic (exact) mass is 312 g/mol. The van der Waals surface area contributed by atoms with Gasteiger partial charge in [-0.05, 0) is 24.3 Å². The minimum Gasteiger partial charge on any atom is -0.497 e. The smallest absolute Gasteiger partial charge is 0.259 e. The lowest BCUT2D eigenvalue weighted by atomic mass is 10.2. The van der Waals surface area contributed by atoms with E-state index in [1.54, 1.807) is 48.5 Å². The third-order valence-corrected chi connectivity index (χ3v) is 3.75. The highest BCUT2D eigenvalue weighted by Gasteiger charge is 2.43. The standard InChI is InChI=1S/C17H16N2O4/c1-23-14-9-5-8-13(10-14)18-16(20)11-15(17(18)21)19(22)12-6-3-2-4-7-12/h2-10,15,22H,11H2,1H3/t15-/m0/s1. The zero-order chi connectivity index (χ0) is 16.4. The van der Waals surface area contributed by atoms with Gasteiger partial charge in [0.1, 0.15) is 11.8 Å². The molecule has 2 aromatic rings. The average molecular weight is 312 g/mol. The number of hydroxylamine groups is 1. The van der Waals surface area contributed by atoms with Gasteiger partial charge in [-0.1, -0.05) is 24.3 Å². The molecule has 1 aliphatic heterocycles. The molecular weight excluding hydrogens is 296 g/mol. The topological polar surface area (TPSA) is 70.1 Å². The summed E-state index contributed by atoms with van der Waals surface area (Å²) in [4.78, 5) is 25.9. The van der Waals surface area contributed by atoms with Crippen LogP contribution < -0.4 is 14.7 Å². The summed E-state index contributed by atoms with van der Waals surface area (Å²) in [5.41, 5.74) is 0.898. The SMILES string of the molecule is COc1cccc(N2C(=O)C[C@H](N(O)c3ccccc3)C2=O)c1. The lowest BCUT2D eigenvalue weighted by Gasteiger charge is -2.22. The van der Waals surface area contributed by atoms with Crippen molar-refractivity contribution >= 4 is 23.2 Å². The number of rotatable bonds is 4. The molecule has 23 heavy (non-hydrogen) atoms. The Hall–Kier alpha value is -2.86. The fourth-order valence-electron chi connectivity index (χ4n) is 2.59. The Morgan fingerprint density at radius 3 is 2.57 bits per heavy atom. The van der Waals surface area contributed by atoms with Crippen molar-refractivity contribution < 1.29 is 19.5 Å². The fourth-order valence-corrected chi connectivity index (χ4v) is 2.59. The minimum absolute atomic E-state index is 0.0819. The molecule has 0 saturated carbocycles. The van der Waals surface area contributed by atoms with Crippen LogP contribution in [0.25, 0.3) is 0 Å². The summed E-state index contributed by atoms with van der Waals surface area (Å²) in [5.74, 6) is -0.270. The van der Waals surface area contributed by atoms with Gasteiger partial charge in [0.15, 0.2) is 0 Å². The van der Waals surface area contributed by atoms with E-state index < -0.39 is 11.9 Å². The summed E-state index contributed by atoms with van der Waals surface area (Å²) < 4.78 is 5.12. The third kappa shape index (κ3) is 2.76. The number of amides is 2. The number of hydrogen-bond acceptors (Lipinski definition) is 5. The van der Waals surface area contributed by atoms with Crippen molar-refractivity contribution in [1.82, 2.24) is 0 Å². The maximum atomic E-state index is 12.6. The van der Waals surface area contributed by atoms with Crippen LogP contribution in [-0.4, -0.2) is 30.2 Å². The van der Waals surface area contributed by atoms with Gasteiger partial charge in [-0.15, -0.1) is 0 Å². The lowest BCUT2D eigenvalue weighted by molar-refractivity contribution is -0.121. The van der Waals surface area contributed by atoms with E-state index in [-0.39, 0.29) is 12.3 Å². The summed E-state index contributed by atoms with van der Waals surface area (Å²) in [7, 11) is 1.51. The van der Waals surface area contributed by atoms with Crippen molar-refractivity contribution in [2.45, 2.75) is 12.5 Å². The molecule has 0 aromatic heterocycles. The highest BCUT2D eigenvalue weighted by molar-refractivity contribution is 6.23. The van der Waals surface area contributed by atoms with E-state index in [1.807, 2.05) is 6.07 Å². The van der Waals surface area contributed by atoms with Crippen LogP contribution in [0.4, 0.5) is 11.4 Å². The Balaban J connectivity index is 1.88. The Morgan fingerprint density at radius 1 is 1.13 bits per heavy atom. The summed E-state index contributed by atoms with van der Waals surface area (Å²) in [6.45, 7) is 0. The maximum Gasteiger partial charge on any atom is 0.259 e. The number of para-hydroxylation sites is 1. The van der Waals surface area contributed by atoms with Gasteiger partial charge in [0.25, 0.3) is 5.91 Å². The number of benzene rings is 2. The highest BCUT2D eigenvalue weighted by Crippen LogP contribution is 2.29. The molecule has 0 radical (unpaired) electrons. The van der Waals surface area contributed by atoms with Crippen molar-refractivity contribution in [2.24, 2.45) is 0 Å². The van der Waals surface area contributed by atoms with Gasteiger partial charge in [-0.2, -0.15) is 0 Å². The predicted molar refractivity (Wildman–Crippen MR) is 84.6 cm³/mol. The number of hydrogen-bond donors (Lipinski definition) is 1.